The number of benzene rings is 1. The van der Waals surface area contributed by atoms with Crippen molar-refractivity contribution in [2.45, 2.75) is 51.6 Å². The Kier molecular flexibility index (Phi) is 6.71. The van der Waals surface area contributed by atoms with E-state index in [1.54, 1.807) is 7.11 Å². The zero-order valence-electron chi connectivity index (χ0n) is 14.1. The smallest absolute Gasteiger partial charge is 0.320 e. The first-order valence-corrected chi connectivity index (χ1v) is 8.42. The van der Waals surface area contributed by atoms with Crippen molar-refractivity contribution in [2.75, 3.05) is 20.3 Å². The largest absolute Gasteiger partial charge is 0.493 e. The van der Waals surface area contributed by atoms with Gasteiger partial charge in [0.25, 0.3) is 0 Å². The van der Waals surface area contributed by atoms with E-state index in [0.29, 0.717) is 18.9 Å². The molecule has 1 aliphatic heterocycles. The third-order valence-corrected chi connectivity index (χ3v) is 4.27. The maximum Gasteiger partial charge on any atom is 0.320 e. The highest BCUT2D eigenvalue weighted by molar-refractivity contribution is 5.73. The van der Waals surface area contributed by atoms with E-state index < -0.39 is 5.97 Å². The van der Waals surface area contributed by atoms with Crippen molar-refractivity contribution in [1.82, 2.24) is 4.90 Å². The molecule has 0 bridgehead atoms. The Bertz CT molecular complexity index is 518. The van der Waals surface area contributed by atoms with Gasteiger partial charge in [-0.05, 0) is 43.5 Å². The summed E-state index contributed by atoms with van der Waals surface area (Å²) in [5, 5.41) is 9.37. The Morgan fingerprint density at radius 3 is 2.87 bits per heavy atom. The molecule has 1 fully saturated rings. The van der Waals surface area contributed by atoms with Crippen molar-refractivity contribution in [3.8, 4) is 11.5 Å². The first-order chi connectivity index (χ1) is 11.2. The van der Waals surface area contributed by atoms with Crippen LogP contribution in [0.3, 0.4) is 0 Å². The number of carboxylic acids is 1. The number of aliphatic carboxylic acids is 1. The highest BCUT2D eigenvalue weighted by atomic mass is 16.5. The van der Waals surface area contributed by atoms with Gasteiger partial charge >= 0.3 is 5.97 Å². The molecule has 1 aliphatic rings. The summed E-state index contributed by atoms with van der Waals surface area (Å²) in [6.45, 7) is 4.26. The molecule has 1 saturated heterocycles. The minimum Gasteiger partial charge on any atom is -0.493 e. The molecule has 0 aliphatic carbocycles. The van der Waals surface area contributed by atoms with E-state index in [2.05, 4.69) is 6.92 Å². The molecule has 1 aromatic carbocycles. The van der Waals surface area contributed by atoms with Gasteiger partial charge in [0.1, 0.15) is 6.04 Å². The molecule has 0 saturated carbocycles. The van der Waals surface area contributed by atoms with Crippen LogP contribution < -0.4 is 9.47 Å². The van der Waals surface area contributed by atoms with Crippen LogP contribution in [-0.2, 0) is 11.3 Å². The number of methoxy groups -OCH3 is 1. The van der Waals surface area contributed by atoms with Gasteiger partial charge in [-0.15, -0.1) is 0 Å². The third-order valence-electron chi connectivity index (χ3n) is 4.27. The number of likely N-dealkylation sites (tertiary alicyclic amines) is 1. The first-order valence-electron chi connectivity index (χ1n) is 8.42. The van der Waals surface area contributed by atoms with Crippen LogP contribution in [0.1, 0.15) is 44.6 Å². The number of unbranched alkanes of at least 4 members (excludes halogenated alkanes) is 1. The van der Waals surface area contributed by atoms with Crippen LogP contribution in [0.15, 0.2) is 18.2 Å². The fourth-order valence-electron chi connectivity index (χ4n) is 2.95. The molecule has 5 heteroatoms. The maximum atomic E-state index is 11.4. The molecule has 0 radical (unpaired) electrons. The van der Waals surface area contributed by atoms with Crippen LogP contribution in [0, 0.1) is 0 Å². The van der Waals surface area contributed by atoms with Crippen molar-refractivity contribution < 1.29 is 19.4 Å². The van der Waals surface area contributed by atoms with Gasteiger partial charge in [0, 0.05) is 6.54 Å². The van der Waals surface area contributed by atoms with Gasteiger partial charge in [0.15, 0.2) is 11.5 Å². The SMILES string of the molecule is CCCCOc1ccc(CN2CCCCC2C(=O)O)cc1OC. The Morgan fingerprint density at radius 1 is 1.35 bits per heavy atom. The molecule has 1 heterocycles. The lowest BCUT2D eigenvalue weighted by Gasteiger charge is -2.32. The maximum absolute atomic E-state index is 11.4. The Balaban J connectivity index is 2.06. The number of carboxylic acid groups (broad SMARTS) is 1. The van der Waals surface area contributed by atoms with Gasteiger partial charge in [-0.25, -0.2) is 0 Å². The van der Waals surface area contributed by atoms with Gasteiger partial charge in [-0.3, -0.25) is 9.69 Å². The number of hydrogen-bond donors (Lipinski definition) is 1. The molecule has 0 spiro atoms. The Hall–Kier alpha value is -1.75. The highest BCUT2D eigenvalue weighted by Gasteiger charge is 2.28. The molecular formula is C18H27NO4. The van der Waals surface area contributed by atoms with Crippen LogP contribution in [0.25, 0.3) is 0 Å². The lowest BCUT2D eigenvalue weighted by atomic mass is 10.0. The van der Waals surface area contributed by atoms with Gasteiger partial charge < -0.3 is 14.6 Å². The average Bonchev–Trinajstić information content (AvgIpc) is 2.56. The number of piperidine rings is 1. The van der Waals surface area contributed by atoms with Gasteiger partial charge in [-0.2, -0.15) is 0 Å². The summed E-state index contributed by atoms with van der Waals surface area (Å²) in [6, 6.07) is 5.49. The monoisotopic (exact) mass is 321 g/mol. The zero-order chi connectivity index (χ0) is 16.7. The van der Waals surface area contributed by atoms with E-state index in [1.807, 2.05) is 23.1 Å². The quantitative estimate of drug-likeness (QED) is 0.744. The van der Waals surface area contributed by atoms with Crippen molar-refractivity contribution in [1.29, 1.82) is 0 Å². The second-order valence-corrected chi connectivity index (χ2v) is 6.01. The molecule has 5 nitrogen and oxygen atoms in total. The van der Waals surface area contributed by atoms with Crippen molar-refractivity contribution in [3.05, 3.63) is 23.8 Å². The summed E-state index contributed by atoms with van der Waals surface area (Å²) in [4.78, 5) is 13.4. The summed E-state index contributed by atoms with van der Waals surface area (Å²) < 4.78 is 11.2. The molecule has 23 heavy (non-hydrogen) atoms. The molecule has 0 aromatic heterocycles. The third kappa shape index (κ3) is 4.86. The van der Waals surface area contributed by atoms with E-state index in [-0.39, 0.29) is 6.04 Å². The van der Waals surface area contributed by atoms with Gasteiger partial charge in [0.2, 0.25) is 0 Å². The van der Waals surface area contributed by atoms with Crippen LogP contribution in [0.4, 0.5) is 0 Å². The second kappa shape index (κ2) is 8.77. The minimum absolute atomic E-state index is 0.379. The summed E-state index contributed by atoms with van der Waals surface area (Å²) in [7, 11) is 1.63. The molecule has 1 N–H and O–H groups in total. The van der Waals surface area contributed by atoms with Gasteiger partial charge in [-0.1, -0.05) is 25.8 Å². The number of rotatable bonds is 8. The van der Waals surface area contributed by atoms with Crippen molar-refractivity contribution in [2.24, 2.45) is 0 Å². The molecule has 1 unspecified atom stereocenters. The Labute approximate surface area is 138 Å². The van der Waals surface area contributed by atoms with Crippen LogP contribution in [0.2, 0.25) is 0 Å². The number of ether oxygens (including phenoxy) is 2. The molecule has 1 aromatic rings. The summed E-state index contributed by atoms with van der Waals surface area (Å²) in [5.41, 5.74) is 1.05. The standard InChI is InChI=1S/C18H27NO4/c1-3-4-11-23-16-9-8-14(12-17(16)22-2)13-19-10-6-5-7-15(19)18(20)21/h8-9,12,15H,3-7,10-11,13H2,1-2H3,(H,20,21). The fourth-order valence-corrected chi connectivity index (χ4v) is 2.95. The fraction of sp³-hybridized carbons (Fsp3) is 0.611. The highest BCUT2D eigenvalue weighted by Crippen LogP contribution is 2.29. The number of carbonyl (C=O) groups is 1. The Morgan fingerprint density at radius 2 is 2.17 bits per heavy atom. The lowest BCUT2D eigenvalue weighted by Crippen LogP contribution is -2.43. The summed E-state index contributed by atoms with van der Waals surface area (Å²) in [6.07, 6.45) is 4.87. The van der Waals surface area contributed by atoms with E-state index >= 15 is 0 Å². The van der Waals surface area contributed by atoms with Crippen molar-refractivity contribution >= 4 is 5.97 Å². The molecule has 128 valence electrons. The molecule has 1 atom stereocenters. The number of hydrogen-bond acceptors (Lipinski definition) is 4. The van der Waals surface area contributed by atoms with E-state index in [1.165, 1.54) is 0 Å². The minimum atomic E-state index is -0.726. The first kappa shape index (κ1) is 17.6. The normalized spacial score (nSPS) is 18.6. The van der Waals surface area contributed by atoms with Gasteiger partial charge in [0.05, 0.1) is 13.7 Å². The zero-order valence-corrected chi connectivity index (χ0v) is 14.1. The topological polar surface area (TPSA) is 59.0 Å². The van der Waals surface area contributed by atoms with Crippen LogP contribution in [-0.4, -0.2) is 42.3 Å². The van der Waals surface area contributed by atoms with E-state index in [0.717, 1.165) is 50.0 Å². The summed E-state index contributed by atoms with van der Waals surface area (Å²) >= 11 is 0. The summed E-state index contributed by atoms with van der Waals surface area (Å²) in [5.74, 6) is 0.733. The van der Waals surface area contributed by atoms with Crippen molar-refractivity contribution in [3.63, 3.8) is 0 Å². The lowest BCUT2D eigenvalue weighted by molar-refractivity contribution is -0.144. The van der Waals surface area contributed by atoms with Crippen LogP contribution in [0.5, 0.6) is 11.5 Å². The predicted octanol–water partition coefficient (Wildman–Crippen LogP) is 3.31. The van der Waals surface area contributed by atoms with E-state index in [9.17, 15) is 9.90 Å². The molecule has 0 amide bonds. The predicted molar refractivity (Wildman–Crippen MR) is 89.1 cm³/mol. The van der Waals surface area contributed by atoms with E-state index in [4.69, 9.17) is 9.47 Å². The molecule has 2 rings (SSSR count). The second-order valence-electron chi connectivity index (χ2n) is 6.01. The average molecular weight is 321 g/mol. The van der Waals surface area contributed by atoms with Crippen LogP contribution >= 0.6 is 0 Å². The molecular weight excluding hydrogens is 294 g/mol. The number of nitrogens with zero attached hydrogens (tertiary/aromatic N) is 1.